The number of aromatic nitrogens is 1. The van der Waals surface area contributed by atoms with Gasteiger partial charge in [-0.2, -0.15) is 0 Å². The summed E-state index contributed by atoms with van der Waals surface area (Å²) in [6, 6.07) is 6.81. The van der Waals surface area contributed by atoms with E-state index in [-0.39, 0.29) is 11.9 Å². The fourth-order valence-corrected chi connectivity index (χ4v) is 2.34. The third kappa shape index (κ3) is 2.94. The summed E-state index contributed by atoms with van der Waals surface area (Å²) < 4.78 is 0. The molecule has 0 fully saturated rings. The van der Waals surface area contributed by atoms with Gasteiger partial charge in [-0.15, -0.1) is 11.3 Å². The second-order valence-corrected chi connectivity index (χ2v) is 4.99. The highest BCUT2D eigenvalue weighted by Gasteiger charge is 2.18. The van der Waals surface area contributed by atoms with Crippen molar-refractivity contribution in [2.45, 2.75) is 19.0 Å². The molecule has 18 heavy (non-hydrogen) atoms. The number of pyridine rings is 1. The highest BCUT2D eigenvalue weighted by atomic mass is 32.1. The van der Waals surface area contributed by atoms with Crippen LogP contribution in [0, 0.1) is 0 Å². The smallest absolute Gasteiger partial charge is 0.242 e. The summed E-state index contributed by atoms with van der Waals surface area (Å²) in [6.45, 7) is 1.91. The normalized spacial score (nSPS) is 13.9. The molecule has 0 aromatic carbocycles. The SMILES string of the molecule is CC(NC(=O)C(N)c1cccs1)c1cccnc1. The van der Waals surface area contributed by atoms with Crippen molar-refractivity contribution in [1.82, 2.24) is 10.3 Å². The van der Waals surface area contributed by atoms with E-state index in [0.29, 0.717) is 0 Å². The minimum atomic E-state index is -0.607. The van der Waals surface area contributed by atoms with Crippen LogP contribution in [0.4, 0.5) is 0 Å². The number of thiophene rings is 1. The number of nitrogens with one attached hydrogen (secondary N) is 1. The molecule has 4 nitrogen and oxygen atoms in total. The number of nitrogens with two attached hydrogens (primary N) is 1. The Morgan fingerprint density at radius 1 is 1.44 bits per heavy atom. The molecular weight excluding hydrogens is 246 g/mol. The lowest BCUT2D eigenvalue weighted by atomic mass is 10.1. The predicted molar refractivity (Wildman–Crippen MR) is 72.0 cm³/mol. The molecule has 0 bridgehead atoms. The van der Waals surface area contributed by atoms with Crippen LogP contribution < -0.4 is 11.1 Å². The molecule has 1 amide bonds. The van der Waals surface area contributed by atoms with Gasteiger partial charge in [0.15, 0.2) is 0 Å². The average Bonchev–Trinajstić information content (AvgIpc) is 2.92. The fraction of sp³-hybridized carbons (Fsp3) is 0.231. The van der Waals surface area contributed by atoms with Gasteiger partial charge in [-0.05, 0) is 30.0 Å². The number of rotatable bonds is 4. The number of amides is 1. The third-order valence-corrected chi connectivity index (χ3v) is 3.63. The molecule has 2 aromatic heterocycles. The van der Waals surface area contributed by atoms with Gasteiger partial charge in [-0.3, -0.25) is 9.78 Å². The molecule has 2 heterocycles. The van der Waals surface area contributed by atoms with E-state index < -0.39 is 6.04 Å². The zero-order valence-corrected chi connectivity index (χ0v) is 10.9. The standard InChI is InChI=1S/C13H15N3OS/c1-9(10-4-2-6-15-8-10)16-13(17)12(14)11-5-3-7-18-11/h2-9,12H,14H2,1H3,(H,16,17). The van der Waals surface area contributed by atoms with Gasteiger partial charge in [0.1, 0.15) is 6.04 Å². The lowest BCUT2D eigenvalue weighted by molar-refractivity contribution is -0.123. The first-order chi connectivity index (χ1) is 8.68. The molecule has 2 aromatic rings. The van der Waals surface area contributed by atoms with E-state index in [0.717, 1.165) is 10.4 Å². The molecule has 2 unspecified atom stereocenters. The first-order valence-corrected chi connectivity index (χ1v) is 6.55. The average molecular weight is 261 g/mol. The van der Waals surface area contributed by atoms with E-state index in [4.69, 9.17) is 5.73 Å². The Hall–Kier alpha value is -1.72. The molecular formula is C13H15N3OS. The Labute approximate surface area is 110 Å². The minimum Gasteiger partial charge on any atom is -0.348 e. The molecule has 0 saturated heterocycles. The second-order valence-electron chi connectivity index (χ2n) is 4.01. The number of hydrogen-bond donors (Lipinski definition) is 2. The molecule has 0 radical (unpaired) electrons. The maximum atomic E-state index is 12.0. The number of carbonyl (C=O) groups is 1. The fourth-order valence-electron chi connectivity index (χ4n) is 1.62. The third-order valence-electron chi connectivity index (χ3n) is 2.68. The summed E-state index contributed by atoms with van der Waals surface area (Å²) in [5, 5.41) is 4.80. The summed E-state index contributed by atoms with van der Waals surface area (Å²) in [7, 11) is 0. The molecule has 94 valence electrons. The van der Waals surface area contributed by atoms with Crippen LogP contribution in [0.15, 0.2) is 42.0 Å². The van der Waals surface area contributed by atoms with Crippen LogP contribution in [-0.2, 0) is 4.79 Å². The summed E-state index contributed by atoms with van der Waals surface area (Å²) in [5.41, 5.74) is 6.85. The van der Waals surface area contributed by atoms with Gasteiger partial charge >= 0.3 is 0 Å². The van der Waals surface area contributed by atoms with Crippen molar-refractivity contribution < 1.29 is 4.79 Å². The lowest BCUT2D eigenvalue weighted by Crippen LogP contribution is -2.35. The largest absolute Gasteiger partial charge is 0.348 e. The van der Waals surface area contributed by atoms with Gasteiger partial charge in [0.2, 0.25) is 5.91 Å². The zero-order valence-electron chi connectivity index (χ0n) is 10.0. The van der Waals surface area contributed by atoms with Gasteiger partial charge < -0.3 is 11.1 Å². The van der Waals surface area contributed by atoms with Crippen molar-refractivity contribution >= 4 is 17.2 Å². The molecule has 0 spiro atoms. The summed E-state index contributed by atoms with van der Waals surface area (Å²) >= 11 is 1.48. The highest BCUT2D eigenvalue weighted by molar-refractivity contribution is 7.10. The summed E-state index contributed by atoms with van der Waals surface area (Å²) in [4.78, 5) is 16.9. The summed E-state index contributed by atoms with van der Waals surface area (Å²) in [5.74, 6) is -0.172. The maximum Gasteiger partial charge on any atom is 0.242 e. The summed E-state index contributed by atoms with van der Waals surface area (Å²) in [6.07, 6.45) is 3.44. The molecule has 2 rings (SSSR count). The number of hydrogen-bond acceptors (Lipinski definition) is 4. The van der Waals surface area contributed by atoms with Crippen LogP contribution in [0.1, 0.15) is 29.4 Å². The van der Waals surface area contributed by atoms with Crippen molar-refractivity contribution in [3.63, 3.8) is 0 Å². The van der Waals surface area contributed by atoms with E-state index in [9.17, 15) is 4.79 Å². The topological polar surface area (TPSA) is 68.0 Å². The Bertz CT molecular complexity index is 498. The van der Waals surface area contributed by atoms with E-state index in [1.54, 1.807) is 12.4 Å². The van der Waals surface area contributed by atoms with E-state index in [2.05, 4.69) is 10.3 Å². The Morgan fingerprint density at radius 3 is 2.89 bits per heavy atom. The molecule has 3 N–H and O–H groups in total. The molecule has 0 aliphatic carbocycles. The molecule has 2 atom stereocenters. The van der Waals surface area contributed by atoms with E-state index >= 15 is 0 Å². The van der Waals surface area contributed by atoms with Gasteiger partial charge in [-0.1, -0.05) is 12.1 Å². The molecule has 0 saturated carbocycles. The van der Waals surface area contributed by atoms with Gasteiger partial charge in [0, 0.05) is 17.3 Å². The number of nitrogens with zero attached hydrogens (tertiary/aromatic N) is 1. The van der Waals surface area contributed by atoms with Gasteiger partial charge in [-0.25, -0.2) is 0 Å². The molecule has 0 aliphatic rings. The Morgan fingerprint density at radius 2 is 2.28 bits per heavy atom. The van der Waals surface area contributed by atoms with Crippen molar-refractivity contribution in [3.05, 3.63) is 52.5 Å². The van der Waals surface area contributed by atoms with Crippen molar-refractivity contribution in [1.29, 1.82) is 0 Å². The molecule has 0 aliphatic heterocycles. The van der Waals surface area contributed by atoms with Crippen LogP contribution in [-0.4, -0.2) is 10.9 Å². The number of carbonyl (C=O) groups excluding carboxylic acids is 1. The maximum absolute atomic E-state index is 12.0. The van der Waals surface area contributed by atoms with Crippen molar-refractivity contribution in [2.75, 3.05) is 0 Å². The van der Waals surface area contributed by atoms with Gasteiger partial charge in [0.25, 0.3) is 0 Å². The van der Waals surface area contributed by atoms with Crippen LogP contribution in [0.5, 0.6) is 0 Å². The quantitative estimate of drug-likeness (QED) is 0.884. The predicted octanol–water partition coefficient (Wildman–Crippen LogP) is 2.02. The zero-order chi connectivity index (χ0) is 13.0. The van der Waals surface area contributed by atoms with Crippen LogP contribution >= 0.6 is 11.3 Å². The first-order valence-electron chi connectivity index (χ1n) is 5.68. The first kappa shape index (κ1) is 12.7. The Balaban J connectivity index is 1.99. The van der Waals surface area contributed by atoms with E-state index in [1.165, 1.54) is 11.3 Å². The van der Waals surface area contributed by atoms with Crippen LogP contribution in [0.25, 0.3) is 0 Å². The van der Waals surface area contributed by atoms with Crippen molar-refractivity contribution in [3.8, 4) is 0 Å². The second kappa shape index (κ2) is 5.75. The monoisotopic (exact) mass is 261 g/mol. The highest BCUT2D eigenvalue weighted by Crippen LogP contribution is 2.18. The van der Waals surface area contributed by atoms with Crippen LogP contribution in [0.2, 0.25) is 0 Å². The van der Waals surface area contributed by atoms with Crippen molar-refractivity contribution in [2.24, 2.45) is 5.73 Å². The van der Waals surface area contributed by atoms with E-state index in [1.807, 2.05) is 36.6 Å². The minimum absolute atomic E-state index is 0.0998. The van der Waals surface area contributed by atoms with Crippen LogP contribution in [0.3, 0.4) is 0 Å². The molecule has 5 heteroatoms. The Kier molecular flexibility index (Phi) is 4.07. The van der Waals surface area contributed by atoms with Gasteiger partial charge in [0.05, 0.1) is 6.04 Å². The lowest BCUT2D eigenvalue weighted by Gasteiger charge is -2.16.